The zero-order valence-electron chi connectivity index (χ0n) is 7.46. The predicted molar refractivity (Wildman–Crippen MR) is 62.7 cm³/mol. The first-order chi connectivity index (χ1) is 7.00. The van der Waals surface area contributed by atoms with Gasteiger partial charge in [0.15, 0.2) is 0 Å². The van der Waals surface area contributed by atoms with Gasteiger partial charge in [0.2, 0.25) is 5.91 Å². The van der Waals surface area contributed by atoms with Crippen molar-refractivity contribution < 1.29 is 14.7 Å². The summed E-state index contributed by atoms with van der Waals surface area (Å²) in [5, 5.41) is 10.9. The van der Waals surface area contributed by atoms with E-state index in [0.29, 0.717) is 14.6 Å². The zero-order chi connectivity index (χ0) is 11.4. The number of hydrogen-bond acceptors (Lipinski definition) is 2. The quantitative estimate of drug-likeness (QED) is 0.834. The molecule has 0 aliphatic heterocycles. The summed E-state index contributed by atoms with van der Waals surface area (Å²) < 4.78 is 1.38. The number of aliphatic carboxylic acids is 1. The average molecular weight is 337 g/mol. The van der Waals surface area contributed by atoms with E-state index in [2.05, 4.69) is 37.2 Å². The van der Waals surface area contributed by atoms with Crippen molar-refractivity contribution in [2.75, 3.05) is 5.32 Å². The van der Waals surface area contributed by atoms with Crippen LogP contribution in [0.1, 0.15) is 6.42 Å². The van der Waals surface area contributed by atoms with Crippen molar-refractivity contribution in [1.29, 1.82) is 0 Å². The predicted octanol–water partition coefficient (Wildman–Crippen LogP) is 2.62. The Balaban J connectivity index is 2.80. The number of nitrogens with one attached hydrogen (secondary N) is 1. The SMILES string of the molecule is O=C(O)CC(=O)Nc1c(Br)cccc1Br. The number of halogens is 2. The lowest BCUT2D eigenvalue weighted by Gasteiger charge is -2.07. The lowest BCUT2D eigenvalue weighted by molar-refractivity contribution is -0.139. The smallest absolute Gasteiger partial charge is 0.312 e. The molecule has 0 fully saturated rings. The Bertz CT molecular complexity index is 386. The molecule has 2 N–H and O–H groups in total. The van der Waals surface area contributed by atoms with E-state index in [1.807, 2.05) is 0 Å². The maximum absolute atomic E-state index is 11.2. The van der Waals surface area contributed by atoms with Crippen LogP contribution in [-0.2, 0) is 9.59 Å². The number of hydrogen-bond donors (Lipinski definition) is 2. The van der Waals surface area contributed by atoms with E-state index in [4.69, 9.17) is 5.11 Å². The van der Waals surface area contributed by atoms with Crippen molar-refractivity contribution in [3.05, 3.63) is 27.1 Å². The number of anilines is 1. The normalized spacial score (nSPS) is 9.73. The van der Waals surface area contributed by atoms with Crippen LogP contribution in [-0.4, -0.2) is 17.0 Å². The Morgan fingerprint density at radius 2 is 1.80 bits per heavy atom. The van der Waals surface area contributed by atoms with Gasteiger partial charge in [-0.15, -0.1) is 0 Å². The fourth-order valence-corrected chi connectivity index (χ4v) is 2.13. The molecule has 0 bridgehead atoms. The van der Waals surface area contributed by atoms with Crippen LogP contribution < -0.4 is 5.32 Å². The van der Waals surface area contributed by atoms with Crippen LogP contribution in [0.25, 0.3) is 0 Å². The van der Waals surface area contributed by atoms with Gasteiger partial charge in [0.05, 0.1) is 5.69 Å². The van der Waals surface area contributed by atoms with Gasteiger partial charge in [-0.2, -0.15) is 0 Å². The summed E-state index contributed by atoms with van der Waals surface area (Å²) in [6.45, 7) is 0. The summed E-state index contributed by atoms with van der Waals surface area (Å²) in [4.78, 5) is 21.5. The van der Waals surface area contributed by atoms with Crippen LogP contribution >= 0.6 is 31.9 Å². The van der Waals surface area contributed by atoms with Crippen LogP contribution in [0, 0.1) is 0 Å². The van der Waals surface area contributed by atoms with Gasteiger partial charge < -0.3 is 10.4 Å². The van der Waals surface area contributed by atoms with E-state index >= 15 is 0 Å². The summed E-state index contributed by atoms with van der Waals surface area (Å²) in [5.41, 5.74) is 0.531. The van der Waals surface area contributed by atoms with Gasteiger partial charge in [-0.25, -0.2) is 0 Å². The molecule has 0 saturated heterocycles. The van der Waals surface area contributed by atoms with Gasteiger partial charge in [0.25, 0.3) is 0 Å². The minimum absolute atomic E-state index is 0.531. The lowest BCUT2D eigenvalue weighted by atomic mass is 10.3. The van der Waals surface area contributed by atoms with E-state index in [-0.39, 0.29) is 0 Å². The second-order valence-electron chi connectivity index (χ2n) is 2.72. The van der Waals surface area contributed by atoms with E-state index in [1.54, 1.807) is 18.2 Å². The Morgan fingerprint density at radius 1 is 1.27 bits per heavy atom. The van der Waals surface area contributed by atoms with Gasteiger partial charge in [-0.3, -0.25) is 9.59 Å². The number of carbonyl (C=O) groups excluding carboxylic acids is 1. The van der Waals surface area contributed by atoms with Crippen molar-refractivity contribution in [3.8, 4) is 0 Å². The van der Waals surface area contributed by atoms with E-state index in [0.717, 1.165) is 0 Å². The number of carboxylic acids is 1. The summed E-state index contributed by atoms with van der Waals surface area (Å²) in [6, 6.07) is 5.29. The molecule has 80 valence electrons. The van der Waals surface area contributed by atoms with Crippen LogP contribution in [0.3, 0.4) is 0 Å². The minimum atomic E-state index is -1.16. The van der Waals surface area contributed by atoms with Gasteiger partial charge >= 0.3 is 5.97 Å². The first-order valence-corrected chi connectivity index (χ1v) is 5.55. The van der Waals surface area contributed by atoms with Crippen LogP contribution in [0.4, 0.5) is 5.69 Å². The molecule has 0 heterocycles. The first-order valence-electron chi connectivity index (χ1n) is 3.96. The molecular formula is C9H7Br2NO3. The topological polar surface area (TPSA) is 66.4 Å². The number of amides is 1. The third-order valence-corrected chi connectivity index (χ3v) is 2.86. The standard InChI is InChI=1S/C9H7Br2NO3/c10-5-2-1-3-6(11)9(5)12-7(13)4-8(14)15/h1-3H,4H2,(H,12,13)(H,14,15). The first kappa shape index (κ1) is 12.2. The van der Waals surface area contributed by atoms with E-state index in [9.17, 15) is 9.59 Å². The third kappa shape index (κ3) is 3.64. The highest BCUT2D eigenvalue weighted by molar-refractivity contribution is 9.11. The number of carboxylic acid groups (broad SMARTS) is 1. The molecule has 4 nitrogen and oxygen atoms in total. The molecule has 0 aromatic heterocycles. The molecule has 0 aliphatic carbocycles. The van der Waals surface area contributed by atoms with Crippen molar-refractivity contribution in [3.63, 3.8) is 0 Å². The maximum atomic E-state index is 11.2. The Hall–Kier alpha value is -0.880. The van der Waals surface area contributed by atoms with E-state index < -0.39 is 18.3 Å². The van der Waals surface area contributed by atoms with Gasteiger partial charge in [0.1, 0.15) is 6.42 Å². The van der Waals surface area contributed by atoms with Gasteiger partial charge in [-0.05, 0) is 44.0 Å². The molecule has 0 unspecified atom stereocenters. The summed E-state index contributed by atoms with van der Waals surface area (Å²) in [6.07, 6.45) is -0.548. The third-order valence-electron chi connectivity index (χ3n) is 1.54. The van der Waals surface area contributed by atoms with Crippen LogP contribution in [0.2, 0.25) is 0 Å². The van der Waals surface area contributed by atoms with Gasteiger partial charge in [-0.1, -0.05) is 6.07 Å². The molecule has 0 aliphatic rings. The van der Waals surface area contributed by atoms with Crippen LogP contribution in [0.5, 0.6) is 0 Å². The second kappa shape index (κ2) is 5.27. The molecule has 1 aromatic rings. The average Bonchev–Trinajstić information content (AvgIpc) is 2.10. The summed E-state index contributed by atoms with van der Waals surface area (Å²) >= 11 is 6.50. The fourth-order valence-electron chi connectivity index (χ4n) is 0.938. The number of rotatable bonds is 3. The molecule has 0 radical (unpaired) electrons. The number of benzene rings is 1. The van der Waals surface area contributed by atoms with Gasteiger partial charge in [0, 0.05) is 8.95 Å². The van der Waals surface area contributed by atoms with Crippen LogP contribution in [0.15, 0.2) is 27.1 Å². The second-order valence-corrected chi connectivity index (χ2v) is 4.42. The summed E-state index contributed by atoms with van der Waals surface area (Å²) in [5.74, 6) is -1.72. The molecular weight excluding hydrogens is 330 g/mol. The van der Waals surface area contributed by atoms with Crippen molar-refractivity contribution in [2.45, 2.75) is 6.42 Å². The van der Waals surface area contributed by atoms with E-state index in [1.165, 1.54) is 0 Å². The molecule has 0 spiro atoms. The number of carbonyl (C=O) groups is 2. The fraction of sp³-hybridized carbons (Fsp3) is 0.111. The highest BCUT2D eigenvalue weighted by atomic mass is 79.9. The molecule has 0 atom stereocenters. The molecule has 1 amide bonds. The lowest BCUT2D eigenvalue weighted by Crippen LogP contribution is -2.16. The molecule has 0 saturated carbocycles. The Kier molecular flexibility index (Phi) is 4.28. The highest BCUT2D eigenvalue weighted by Crippen LogP contribution is 2.30. The zero-order valence-corrected chi connectivity index (χ0v) is 10.6. The van der Waals surface area contributed by atoms with Crippen molar-refractivity contribution in [2.24, 2.45) is 0 Å². The molecule has 1 rings (SSSR count). The highest BCUT2D eigenvalue weighted by Gasteiger charge is 2.11. The Morgan fingerprint density at radius 3 is 2.27 bits per heavy atom. The minimum Gasteiger partial charge on any atom is -0.481 e. The molecule has 6 heteroatoms. The largest absolute Gasteiger partial charge is 0.481 e. The monoisotopic (exact) mass is 335 g/mol. The molecule has 1 aromatic carbocycles. The maximum Gasteiger partial charge on any atom is 0.312 e. The molecule has 15 heavy (non-hydrogen) atoms. The Labute approximate surface area is 103 Å². The number of para-hydroxylation sites is 1. The van der Waals surface area contributed by atoms with Crippen molar-refractivity contribution >= 4 is 49.4 Å². The summed E-state index contributed by atoms with van der Waals surface area (Å²) in [7, 11) is 0. The van der Waals surface area contributed by atoms with Crippen molar-refractivity contribution in [1.82, 2.24) is 0 Å².